The van der Waals surface area contributed by atoms with Crippen molar-refractivity contribution in [1.82, 2.24) is 9.88 Å². The Kier molecular flexibility index (Phi) is 4.77. The maximum Gasteiger partial charge on any atom is 0.131 e. The van der Waals surface area contributed by atoms with Crippen LogP contribution < -0.4 is 4.90 Å². The molecule has 106 valence electrons. The van der Waals surface area contributed by atoms with Crippen LogP contribution in [0.5, 0.6) is 0 Å². The van der Waals surface area contributed by atoms with Gasteiger partial charge >= 0.3 is 0 Å². The van der Waals surface area contributed by atoms with Crippen molar-refractivity contribution in [3.8, 4) is 0 Å². The number of hydrogen-bond donors (Lipinski definition) is 1. The van der Waals surface area contributed by atoms with Gasteiger partial charge in [0.05, 0.1) is 0 Å². The number of aryl methyl sites for hydroxylation is 1. The predicted molar refractivity (Wildman–Crippen MR) is 78.7 cm³/mol. The van der Waals surface area contributed by atoms with Gasteiger partial charge in [-0.25, -0.2) is 4.98 Å². The average molecular weight is 263 g/mol. The first kappa shape index (κ1) is 14.3. The third-order valence-electron chi connectivity index (χ3n) is 3.85. The minimum absolute atomic E-state index is 0.188. The smallest absolute Gasteiger partial charge is 0.131 e. The Morgan fingerprint density at radius 1 is 1.26 bits per heavy atom. The topological polar surface area (TPSA) is 39.6 Å². The Morgan fingerprint density at radius 3 is 2.47 bits per heavy atom. The highest BCUT2D eigenvalue weighted by atomic mass is 16.2. The Morgan fingerprint density at radius 2 is 1.95 bits per heavy atom. The minimum atomic E-state index is 0.188. The van der Waals surface area contributed by atoms with Gasteiger partial charge in [-0.15, -0.1) is 0 Å². The van der Waals surface area contributed by atoms with E-state index in [9.17, 15) is 0 Å². The number of pyridine rings is 1. The third-order valence-corrected chi connectivity index (χ3v) is 3.85. The molecule has 0 aromatic carbocycles. The fourth-order valence-corrected chi connectivity index (χ4v) is 2.67. The molecule has 0 bridgehead atoms. The summed E-state index contributed by atoms with van der Waals surface area (Å²) in [5.74, 6) is 1.10. The first-order valence-corrected chi connectivity index (χ1v) is 7.17. The van der Waals surface area contributed by atoms with E-state index in [4.69, 9.17) is 5.11 Å². The molecule has 0 radical (unpaired) electrons. The zero-order chi connectivity index (χ0) is 13.8. The van der Waals surface area contributed by atoms with E-state index < -0.39 is 0 Å². The van der Waals surface area contributed by atoms with Gasteiger partial charge in [0.1, 0.15) is 5.82 Å². The number of hydrogen-bond acceptors (Lipinski definition) is 4. The molecule has 4 nitrogen and oxygen atoms in total. The number of rotatable bonds is 4. The highest BCUT2D eigenvalue weighted by molar-refractivity contribution is 5.47. The van der Waals surface area contributed by atoms with Gasteiger partial charge in [0.15, 0.2) is 0 Å². The van der Waals surface area contributed by atoms with Crippen molar-refractivity contribution in [2.75, 3.05) is 37.7 Å². The molecule has 0 aliphatic carbocycles. The van der Waals surface area contributed by atoms with Crippen LogP contribution in [0.1, 0.15) is 25.0 Å². The van der Waals surface area contributed by atoms with Crippen molar-refractivity contribution in [1.29, 1.82) is 0 Å². The predicted octanol–water partition coefficient (Wildman–Crippen LogP) is 1.46. The van der Waals surface area contributed by atoms with E-state index in [-0.39, 0.29) is 6.61 Å². The molecular formula is C15H25N3O. The summed E-state index contributed by atoms with van der Waals surface area (Å²) in [6, 6.07) is 2.77. The van der Waals surface area contributed by atoms with E-state index >= 15 is 0 Å². The summed E-state index contributed by atoms with van der Waals surface area (Å²) in [6.07, 6.45) is 2.59. The molecule has 1 aliphatic rings. The van der Waals surface area contributed by atoms with Crippen LogP contribution >= 0.6 is 0 Å². The summed E-state index contributed by atoms with van der Waals surface area (Å²) in [4.78, 5) is 9.46. The van der Waals surface area contributed by atoms with Gasteiger partial charge in [0.2, 0.25) is 0 Å². The van der Waals surface area contributed by atoms with Crippen LogP contribution in [0.25, 0.3) is 0 Å². The summed E-state index contributed by atoms with van der Waals surface area (Å²) in [5, 5.41) is 8.97. The van der Waals surface area contributed by atoms with E-state index in [0.29, 0.717) is 12.5 Å². The third kappa shape index (κ3) is 3.45. The van der Waals surface area contributed by atoms with Gasteiger partial charge < -0.3 is 10.0 Å². The molecule has 1 saturated heterocycles. The number of nitrogens with zero attached hydrogens (tertiary/aromatic N) is 3. The Labute approximate surface area is 116 Å². The fourth-order valence-electron chi connectivity index (χ4n) is 2.67. The van der Waals surface area contributed by atoms with Gasteiger partial charge in [-0.1, -0.05) is 6.07 Å². The van der Waals surface area contributed by atoms with E-state index in [1.807, 2.05) is 6.20 Å². The molecule has 1 aromatic heterocycles. The molecule has 0 unspecified atom stereocenters. The highest BCUT2D eigenvalue weighted by Gasteiger charge is 2.20. The van der Waals surface area contributed by atoms with Gasteiger partial charge in [-0.05, 0) is 38.3 Å². The SMILES string of the molecule is Cc1cc(CCO)cnc1N1CCN(C(C)C)CC1. The molecule has 0 saturated carbocycles. The highest BCUT2D eigenvalue weighted by Crippen LogP contribution is 2.20. The van der Waals surface area contributed by atoms with E-state index in [0.717, 1.165) is 37.6 Å². The maximum atomic E-state index is 8.97. The van der Waals surface area contributed by atoms with Gasteiger partial charge in [-0.2, -0.15) is 0 Å². The lowest BCUT2D eigenvalue weighted by atomic mass is 10.1. The monoisotopic (exact) mass is 263 g/mol. The number of aliphatic hydroxyl groups is 1. The first-order chi connectivity index (χ1) is 9.11. The van der Waals surface area contributed by atoms with E-state index in [2.05, 4.69) is 41.6 Å². The van der Waals surface area contributed by atoms with Crippen LogP contribution in [-0.2, 0) is 6.42 Å². The Bertz CT molecular complexity index is 412. The zero-order valence-corrected chi connectivity index (χ0v) is 12.3. The van der Waals surface area contributed by atoms with Crippen molar-refractivity contribution >= 4 is 5.82 Å². The van der Waals surface area contributed by atoms with Crippen molar-refractivity contribution in [2.24, 2.45) is 0 Å². The summed E-state index contributed by atoms with van der Waals surface area (Å²) in [5.41, 5.74) is 2.33. The van der Waals surface area contributed by atoms with E-state index in [1.165, 1.54) is 5.56 Å². The number of aromatic nitrogens is 1. The summed E-state index contributed by atoms with van der Waals surface area (Å²) >= 11 is 0. The largest absolute Gasteiger partial charge is 0.396 e. The molecule has 1 N–H and O–H groups in total. The van der Waals surface area contributed by atoms with Crippen molar-refractivity contribution in [3.05, 3.63) is 23.4 Å². The molecule has 0 amide bonds. The molecule has 1 aromatic rings. The zero-order valence-electron chi connectivity index (χ0n) is 12.3. The van der Waals surface area contributed by atoms with Crippen LogP contribution in [0.2, 0.25) is 0 Å². The molecule has 2 heterocycles. The summed E-state index contributed by atoms with van der Waals surface area (Å²) in [6.45, 7) is 11.1. The lowest BCUT2D eigenvalue weighted by Gasteiger charge is -2.38. The van der Waals surface area contributed by atoms with Gasteiger partial charge in [0.25, 0.3) is 0 Å². The van der Waals surface area contributed by atoms with E-state index in [1.54, 1.807) is 0 Å². The van der Waals surface area contributed by atoms with Gasteiger partial charge in [0, 0.05) is 45.0 Å². The number of aliphatic hydroxyl groups excluding tert-OH is 1. The second-order valence-corrected chi connectivity index (χ2v) is 5.57. The molecule has 0 atom stereocenters. The fraction of sp³-hybridized carbons (Fsp3) is 0.667. The minimum Gasteiger partial charge on any atom is -0.396 e. The van der Waals surface area contributed by atoms with Crippen LogP contribution in [-0.4, -0.2) is 53.8 Å². The molecule has 0 spiro atoms. The molecule has 1 aliphatic heterocycles. The normalized spacial score (nSPS) is 17.2. The van der Waals surface area contributed by atoms with Crippen LogP contribution in [0.3, 0.4) is 0 Å². The lowest BCUT2D eigenvalue weighted by molar-refractivity contribution is 0.209. The first-order valence-electron chi connectivity index (χ1n) is 7.17. The van der Waals surface area contributed by atoms with Crippen LogP contribution in [0, 0.1) is 6.92 Å². The molecule has 19 heavy (non-hydrogen) atoms. The second kappa shape index (κ2) is 6.35. The second-order valence-electron chi connectivity index (χ2n) is 5.57. The average Bonchev–Trinajstić information content (AvgIpc) is 2.39. The van der Waals surface area contributed by atoms with Crippen LogP contribution in [0.4, 0.5) is 5.82 Å². The quantitative estimate of drug-likeness (QED) is 0.892. The molecule has 1 fully saturated rings. The maximum absolute atomic E-state index is 8.97. The molecule has 2 rings (SSSR count). The van der Waals surface area contributed by atoms with Crippen molar-refractivity contribution in [2.45, 2.75) is 33.2 Å². The van der Waals surface area contributed by atoms with Gasteiger partial charge in [-0.3, -0.25) is 4.90 Å². The Hall–Kier alpha value is -1.13. The van der Waals surface area contributed by atoms with Crippen molar-refractivity contribution in [3.63, 3.8) is 0 Å². The molecule has 4 heteroatoms. The summed E-state index contributed by atoms with van der Waals surface area (Å²) < 4.78 is 0. The van der Waals surface area contributed by atoms with Crippen LogP contribution in [0.15, 0.2) is 12.3 Å². The van der Waals surface area contributed by atoms with Crippen molar-refractivity contribution < 1.29 is 5.11 Å². The Balaban J connectivity index is 2.03. The number of anilines is 1. The standard InChI is InChI=1S/C15H25N3O/c1-12(2)17-5-7-18(8-6-17)15-13(3)10-14(4-9-19)11-16-15/h10-12,19H,4-9H2,1-3H3. The molecular weight excluding hydrogens is 238 g/mol. The number of piperazine rings is 1. The lowest BCUT2D eigenvalue weighted by Crippen LogP contribution is -2.49. The summed E-state index contributed by atoms with van der Waals surface area (Å²) in [7, 11) is 0.